The van der Waals surface area contributed by atoms with E-state index < -0.39 is 0 Å². The summed E-state index contributed by atoms with van der Waals surface area (Å²) in [7, 11) is 0. The number of amides is 1. The molecule has 2 heterocycles. The first-order valence-corrected chi connectivity index (χ1v) is 9.70. The fraction of sp³-hybridized carbons (Fsp3) is 0.333. The summed E-state index contributed by atoms with van der Waals surface area (Å²) in [6.45, 7) is 1.91. The van der Waals surface area contributed by atoms with Crippen molar-refractivity contribution in [3.8, 4) is 0 Å². The number of carbonyl (C=O) groups is 1. The van der Waals surface area contributed by atoms with Crippen molar-refractivity contribution in [2.24, 2.45) is 11.7 Å². The molecule has 150 valence electrons. The lowest BCUT2D eigenvalue weighted by molar-refractivity contribution is -0.123. The Balaban J connectivity index is 1.63. The second-order valence-corrected chi connectivity index (χ2v) is 7.35. The zero-order chi connectivity index (χ0) is 20.2. The van der Waals surface area contributed by atoms with E-state index in [9.17, 15) is 9.18 Å². The highest BCUT2D eigenvalue weighted by molar-refractivity contribution is 5.76. The Morgan fingerprint density at radius 3 is 2.45 bits per heavy atom. The van der Waals surface area contributed by atoms with E-state index in [0.29, 0.717) is 6.54 Å². The monoisotopic (exact) mass is 394 g/mol. The lowest BCUT2D eigenvalue weighted by atomic mass is 9.93. The van der Waals surface area contributed by atoms with Crippen molar-refractivity contribution in [3.63, 3.8) is 0 Å². The van der Waals surface area contributed by atoms with Gasteiger partial charge in [-0.1, -0.05) is 42.5 Å². The Kier molecular flexibility index (Phi) is 5.62. The molecular formula is C21H23FN6O. The summed E-state index contributed by atoms with van der Waals surface area (Å²) in [6.07, 6.45) is 1.44. The van der Waals surface area contributed by atoms with Crippen LogP contribution in [0.1, 0.15) is 35.8 Å². The first kappa shape index (κ1) is 19.2. The largest absolute Gasteiger partial charge is 0.369 e. The van der Waals surface area contributed by atoms with Crippen LogP contribution in [-0.2, 0) is 11.3 Å². The Hall–Kier alpha value is -3.13. The predicted molar refractivity (Wildman–Crippen MR) is 105 cm³/mol. The number of aromatic nitrogens is 4. The van der Waals surface area contributed by atoms with Gasteiger partial charge < -0.3 is 5.73 Å². The molecule has 1 aliphatic rings. The van der Waals surface area contributed by atoms with Crippen molar-refractivity contribution in [2.75, 3.05) is 13.1 Å². The first-order chi connectivity index (χ1) is 14.1. The second-order valence-electron chi connectivity index (χ2n) is 7.35. The van der Waals surface area contributed by atoms with Crippen LogP contribution in [0, 0.1) is 11.7 Å². The van der Waals surface area contributed by atoms with E-state index in [4.69, 9.17) is 5.73 Å². The number of nitrogens with zero attached hydrogens (tertiary/aromatic N) is 5. The van der Waals surface area contributed by atoms with Crippen LogP contribution in [0.2, 0.25) is 0 Å². The maximum atomic E-state index is 13.2. The van der Waals surface area contributed by atoms with Crippen molar-refractivity contribution in [1.29, 1.82) is 0 Å². The number of hydrogen-bond donors (Lipinski definition) is 1. The number of benzene rings is 2. The van der Waals surface area contributed by atoms with Gasteiger partial charge in [0.2, 0.25) is 5.91 Å². The van der Waals surface area contributed by atoms with E-state index in [1.54, 1.807) is 16.8 Å². The van der Waals surface area contributed by atoms with Crippen LogP contribution >= 0.6 is 0 Å². The van der Waals surface area contributed by atoms with Gasteiger partial charge in [0.1, 0.15) is 5.82 Å². The number of tetrazole rings is 1. The van der Waals surface area contributed by atoms with Crippen LogP contribution < -0.4 is 5.73 Å². The number of primary amides is 1. The van der Waals surface area contributed by atoms with Crippen molar-refractivity contribution in [3.05, 3.63) is 77.4 Å². The highest BCUT2D eigenvalue weighted by atomic mass is 19.1. The molecule has 8 heteroatoms. The average molecular weight is 394 g/mol. The molecule has 0 radical (unpaired) electrons. The smallest absolute Gasteiger partial charge is 0.220 e. The minimum atomic E-state index is -0.273. The van der Waals surface area contributed by atoms with Crippen molar-refractivity contribution < 1.29 is 9.18 Å². The van der Waals surface area contributed by atoms with Gasteiger partial charge in [-0.25, -0.2) is 9.07 Å². The molecule has 1 amide bonds. The molecule has 29 heavy (non-hydrogen) atoms. The van der Waals surface area contributed by atoms with Gasteiger partial charge in [-0.15, -0.1) is 5.10 Å². The number of piperidine rings is 1. The highest BCUT2D eigenvalue weighted by Crippen LogP contribution is 2.31. The molecule has 1 aliphatic heterocycles. The van der Waals surface area contributed by atoms with Gasteiger partial charge in [0.15, 0.2) is 5.82 Å². The minimum absolute atomic E-state index is 0.0853. The third kappa shape index (κ3) is 4.32. The number of halogens is 1. The lowest BCUT2D eigenvalue weighted by Gasteiger charge is -2.36. The van der Waals surface area contributed by atoms with Gasteiger partial charge in [0.25, 0.3) is 0 Å². The molecule has 1 atom stereocenters. The Morgan fingerprint density at radius 1 is 1.10 bits per heavy atom. The second kappa shape index (κ2) is 8.48. The summed E-state index contributed by atoms with van der Waals surface area (Å²) >= 11 is 0. The number of hydrogen-bond acceptors (Lipinski definition) is 5. The number of likely N-dealkylation sites (tertiary alicyclic amines) is 1. The zero-order valence-corrected chi connectivity index (χ0v) is 16.0. The molecule has 0 spiro atoms. The molecule has 1 aromatic heterocycles. The van der Waals surface area contributed by atoms with E-state index in [1.165, 1.54) is 12.1 Å². The van der Waals surface area contributed by atoms with E-state index in [2.05, 4.69) is 32.6 Å². The first-order valence-electron chi connectivity index (χ1n) is 9.70. The molecular weight excluding hydrogens is 371 g/mol. The summed E-state index contributed by atoms with van der Waals surface area (Å²) < 4.78 is 15.0. The Morgan fingerprint density at radius 2 is 1.79 bits per heavy atom. The van der Waals surface area contributed by atoms with Crippen molar-refractivity contribution >= 4 is 5.91 Å². The molecule has 1 fully saturated rings. The van der Waals surface area contributed by atoms with E-state index in [-0.39, 0.29) is 23.7 Å². The van der Waals surface area contributed by atoms with E-state index in [1.807, 2.05) is 18.2 Å². The molecule has 2 N–H and O–H groups in total. The Labute approximate surface area is 168 Å². The predicted octanol–water partition coefficient (Wildman–Crippen LogP) is 2.15. The number of rotatable bonds is 6. The molecule has 7 nitrogen and oxygen atoms in total. The van der Waals surface area contributed by atoms with Crippen LogP contribution in [0.4, 0.5) is 4.39 Å². The minimum Gasteiger partial charge on any atom is -0.369 e. The lowest BCUT2D eigenvalue weighted by Crippen LogP contribution is -2.41. The number of nitrogens with two attached hydrogens (primary N) is 1. The summed E-state index contributed by atoms with van der Waals surface area (Å²) in [5.41, 5.74) is 7.49. The molecule has 3 aromatic rings. The topological polar surface area (TPSA) is 89.9 Å². The molecule has 1 saturated heterocycles. The van der Waals surface area contributed by atoms with Gasteiger partial charge in [-0.05, 0) is 59.6 Å². The van der Waals surface area contributed by atoms with Gasteiger partial charge in [-0.3, -0.25) is 9.69 Å². The molecule has 0 aliphatic carbocycles. The van der Waals surface area contributed by atoms with Crippen LogP contribution in [-0.4, -0.2) is 44.1 Å². The van der Waals surface area contributed by atoms with Gasteiger partial charge >= 0.3 is 0 Å². The molecule has 0 bridgehead atoms. The average Bonchev–Trinajstić information content (AvgIpc) is 3.19. The summed E-state index contributed by atoms with van der Waals surface area (Å²) in [6, 6.07) is 16.3. The Bertz CT molecular complexity index is 951. The van der Waals surface area contributed by atoms with E-state index >= 15 is 0 Å². The van der Waals surface area contributed by atoms with Gasteiger partial charge in [0.05, 0.1) is 12.6 Å². The van der Waals surface area contributed by atoms with E-state index in [0.717, 1.165) is 42.9 Å². The third-order valence-corrected chi connectivity index (χ3v) is 5.46. The maximum Gasteiger partial charge on any atom is 0.220 e. The van der Waals surface area contributed by atoms with Crippen LogP contribution in [0.15, 0.2) is 54.6 Å². The standard InChI is InChI=1S/C21H23FN6O/c22-18-8-6-15(7-9-18)14-28-21(24-25-26-28)19(16-4-2-1-3-5-16)27-12-10-17(11-13-27)20(23)29/h1-9,17,19H,10-14H2,(H2,23,29)/t19-/m1/s1. The number of carbonyl (C=O) groups excluding carboxylic acids is 1. The normalized spacial score (nSPS) is 16.6. The van der Waals surface area contributed by atoms with Gasteiger partial charge in [0, 0.05) is 5.92 Å². The summed E-state index contributed by atoms with van der Waals surface area (Å²) in [4.78, 5) is 13.8. The molecule has 4 rings (SSSR count). The van der Waals surface area contributed by atoms with Crippen LogP contribution in [0.5, 0.6) is 0 Å². The molecule has 2 aromatic carbocycles. The van der Waals surface area contributed by atoms with Crippen molar-refractivity contribution in [1.82, 2.24) is 25.1 Å². The zero-order valence-electron chi connectivity index (χ0n) is 16.0. The molecule has 0 unspecified atom stereocenters. The van der Waals surface area contributed by atoms with Crippen LogP contribution in [0.25, 0.3) is 0 Å². The fourth-order valence-electron chi connectivity index (χ4n) is 3.88. The summed E-state index contributed by atoms with van der Waals surface area (Å²) in [5, 5.41) is 12.4. The quantitative estimate of drug-likeness (QED) is 0.692. The van der Waals surface area contributed by atoms with Crippen molar-refractivity contribution in [2.45, 2.75) is 25.4 Å². The summed E-state index contributed by atoms with van der Waals surface area (Å²) in [5.74, 6) is 0.128. The van der Waals surface area contributed by atoms with Gasteiger partial charge in [-0.2, -0.15) is 0 Å². The third-order valence-electron chi connectivity index (χ3n) is 5.46. The fourth-order valence-corrected chi connectivity index (χ4v) is 3.88. The SMILES string of the molecule is NC(=O)C1CCN([C@H](c2ccccc2)c2nnnn2Cc2ccc(F)cc2)CC1. The molecule has 0 saturated carbocycles. The highest BCUT2D eigenvalue weighted by Gasteiger charge is 2.32. The van der Waals surface area contributed by atoms with Crippen LogP contribution in [0.3, 0.4) is 0 Å². The maximum absolute atomic E-state index is 13.2.